The van der Waals surface area contributed by atoms with Gasteiger partial charge in [-0.15, -0.1) is 0 Å². The Kier molecular flexibility index (Phi) is 7.45. The zero-order chi connectivity index (χ0) is 24.8. The van der Waals surface area contributed by atoms with E-state index in [1.807, 2.05) is 43.3 Å². The summed E-state index contributed by atoms with van der Waals surface area (Å²) in [4.78, 5) is 36.8. The third kappa shape index (κ3) is 5.51. The highest BCUT2D eigenvalue weighted by molar-refractivity contribution is 5.85. The molecule has 2 amide bonds. The van der Waals surface area contributed by atoms with Gasteiger partial charge in [0, 0.05) is 18.4 Å². The van der Waals surface area contributed by atoms with E-state index in [4.69, 9.17) is 4.74 Å². The van der Waals surface area contributed by atoms with Gasteiger partial charge in [0.1, 0.15) is 6.61 Å². The lowest BCUT2D eigenvalue weighted by atomic mass is 9.98. The first-order valence-corrected chi connectivity index (χ1v) is 11.7. The Labute approximate surface area is 204 Å². The number of carbonyl (C=O) groups is 3. The maximum absolute atomic E-state index is 12.6. The molecule has 3 aromatic carbocycles. The van der Waals surface area contributed by atoms with Crippen LogP contribution in [0, 0.1) is 0 Å². The van der Waals surface area contributed by atoms with E-state index in [9.17, 15) is 19.5 Å². The fourth-order valence-corrected chi connectivity index (χ4v) is 4.48. The Morgan fingerprint density at radius 2 is 1.43 bits per heavy atom. The van der Waals surface area contributed by atoms with Gasteiger partial charge in [0.2, 0.25) is 5.91 Å². The van der Waals surface area contributed by atoms with E-state index in [-0.39, 0.29) is 18.9 Å². The summed E-state index contributed by atoms with van der Waals surface area (Å²) in [5.41, 5.74) is 5.01. The van der Waals surface area contributed by atoms with Crippen LogP contribution in [0.15, 0.2) is 78.9 Å². The number of aliphatic carboxylic acids is 1. The molecule has 0 radical (unpaired) electrons. The fourth-order valence-electron chi connectivity index (χ4n) is 4.48. The van der Waals surface area contributed by atoms with Gasteiger partial charge < -0.3 is 20.5 Å². The molecule has 0 saturated heterocycles. The van der Waals surface area contributed by atoms with Gasteiger partial charge in [-0.25, -0.2) is 9.59 Å². The number of ether oxygens (including phenoxy) is 1. The molecule has 0 spiro atoms. The van der Waals surface area contributed by atoms with Gasteiger partial charge in [-0.3, -0.25) is 4.79 Å². The molecule has 0 aliphatic heterocycles. The van der Waals surface area contributed by atoms with E-state index in [1.165, 1.54) is 0 Å². The van der Waals surface area contributed by atoms with E-state index in [0.29, 0.717) is 12.0 Å². The number of amides is 2. The molecular formula is C28H28N2O5. The summed E-state index contributed by atoms with van der Waals surface area (Å²) in [5, 5.41) is 14.8. The Morgan fingerprint density at radius 1 is 0.857 bits per heavy atom. The molecule has 0 unspecified atom stereocenters. The highest BCUT2D eigenvalue weighted by Gasteiger charge is 2.29. The van der Waals surface area contributed by atoms with Gasteiger partial charge in [0.25, 0.3) is 0 Å². The van der Waals surface area contributed by atoms with Crippen molar-refractivity contribution >= 4 is 18.0 Å². The summed E-state index contributed by atoms with van der Waals surface area (Å²) >= 11 is 0. The van der Waals surface area contributed by atoms with Crippen LogP contribution in [0.25, 0.3) is 11.1 Å². The van der Waals surface area contributed by atoms with Crippen molar-refractivity contribution in [3.63, 3.8) is 0 Å². The Balaban J connectivity index is 1.34. The molecule has 1 aliphatic carbocycles. The molecule has 1 aliphatic rings. The van der Waals surface area contributed by atoms with Crippen molar-refractivity contribution in [3.8, 4) is 11.1 Å². The molecule has 4 rings (SSSR count). The van der Waals surface area contributed by atoms with Crippen LogP contribution in [0.5, 0.6) is 0 Å². The van der Waals surface area contributed by atoms with Gasteiger partial charge in [-0.2, -0.15) is 0 Å². The largest absolute Gasteiger partial charge is 0.479 e. The second-order valence-electron chi connectivity index (χ2n) is 8.53. The first kappa shape index (κ1) is 24.0. The van der Waals surface area contributed by atoms with Crippen molar-refractivity contribution in [3.05, 3.63) is 95.6 Å². The smallest absolute Gasteiger partial charge is 0.407 e. The summed E-state index contributed by atoms with van der Waals surface area (Å²) in [6, 6.07) is 23.0. The Morgan fingerprint density at radius 3 is 2.00 bits per heavy atom. The number of carbonyl (C=O) groups excluding carboxylic acids is 2. The number of fused-ring (bicyclic) bond motifs is 3. The lowest BCUT2D eigenvalue weighted by molar-refractivity contribution is -0.142. The van der Waals surface area contributed by atoms with E-state index in [1.54, 1.807) is 30.3 Å². The van der Waals surface area contributed by atoms with Gasteiger partial charge in [0.05, 0.1) is 0 Å². The maximum Gasteiger partial charge on any atom is 0.407 e. The van der Waals surface area contributed by atoms with Crippen molar-refractivity contribution in [2.75, 3.05) is 6.61 Å². The predicted octanol–water partition coefficient (Wildman–Crippen LogP) is 4.64. The third-order valence-corrected chi connectivity index (χ3v) is 6.28. The summed E-state index contributed by atoms with van der Waals surface area (Å²) in [7, 11) is 0. The molecule has 7 nitrogen and oxygen atoms in total. The molecule has 0 saturated carbocycles. The van der Waals surface area contributed by atoms with Gasteiger partial charge in [0.15, 0.2) is 6.04 Å². The number of hydrogen-bond donors (Lipinski definition) is 3. The third-order valence-electron chi connectivity index (χ3n) is 6.28. The second kappa shape index (κ2) is 10.9. The predicted molar refractivity (Wildman–Crippen MR) is 132 cm³/mol. The Bertz CT molecular complexity index is 1170. The molecule has 7 heteroatoms. The topological polar surface area (TPSA) is 105 Å². The van der Waals surface area contributed by atoms with Crippen molar-refractivity contribution < 1.29 is 24.2 Å². The van der Waals surface area contributed by atoms with Crippen LogP contribution in [-0.2, 0) is 14.3 Å². The van der Waals surface area contributed by atoms with Crippen LogP contribution in [0.2, 0.25) is 0 Å². The van der Waals surface area contributed by atoms with Crippen LogP contribution in [0.1, 0.15) is 48.4 Å². The number of nitrogens with one attached hydrogen (secondary N) is 2. The average molecular weight is 473 g/mol. The second-order valence-corrected chi connectivity index (χ2v) is 8.53. The van der Waals surface area contributed by atoms with Crippen LogP contribution in [0.3, 0.4) is 0 Å². The first-order chi connectivity index (χ1) is 17.0. The minimum absolute atomic E-state index is 0.0567. The van der Waals surface area contributed by atoms with Crippen LogP contribution in [-0.4, -0.2) is 35.7 Å². The number of rotatable bonds is 9. The monoisotopic (exact) mass is 472 g/mol. The van der Waals surface area contributed by atoms with Crippen molar-refractivity contribution in [1.82, 2.24) is 10.6 Å². The number of benzene rings is 3. The van der Waals surface area contributed by atoms with Crippen molar-refractivity contribution in [2.24, 2.45) is 0 Å². The summed E-state index contributed by atoms with van der Waals surface area (Å²) in [6.07, 6.45) is -0.179. The van der Waals surface area contributed by atoms with Crippen LogP contribution >= 0.6 is 0 Å². The molecule has 3 N–H and O–H groups in total. The minimum atomic E-state index is -1.16. The SMILES string of the molecule is CC[C@@H](CC(=O)N[C@H](C(=O)O)c1ccccc1)NC(=O)OCC1c2ccccc2-c2ccccc21. The van der Waals surface area contributed by atoms with E-state index in [0.717, 1.165) is 22.3 Å². The first-order valence-electron chi connectivity index (χ1n) is 11.7. The van der Waals surface area contributed by atoms with Crippen molar-refractivity contribution in [2.45, 2.75) is 37.8 Å². The zero-order valence-corrected chi connectivity index (χ0v) is 19.4. The van der Waals surface area contributed by atoms with E-state index < -0.39 is 30.1 Å². The molecule has 0 fully saturated rings. The highest BCUT2D eigenvalue weighted by atomic mass is 16.5. The molecule has 0 bridgehead atoms. The number of hydrogen-bond acceptors (Lipinski definition) is 4. The maximum atomic E-state index is 12.6. The van der Waals surface area contributed by atoms with Crippen LogP contribution in [0.4, 0.5) is 4.79 Å². The molecule has 0 aromatic heterocycles. The van der Waals surface area contributed by atoms with Crippen molar-refractivity contribution in [1.29, 1.82) is 0 Å². The van der Waals surface area contributed by atoms with E-state index in [2.05, 4.69) is 22.8 Å². The molecule has 3 aromatic rings. The fraction of sp³-hybridized carbons (Fsp3) is 0.250. The Hall–Kier alpha value is -4.13. The van der Waals surface area contributed by atoms with Gasteiger partial charge in [-0.1, -0.05) is 85.8 Å². The van der Waals surface area contributed by atoms with Gasteiger partial charge >= 0.3 is 12.1 Å². The zero-order valence-electron chi connectivity index (χ0n) is 19.4. The molecule has 180 valence electrons. The summed E-state index contributed by atoms with van der Waals surface area (Å²) in [5.74, 6) is -1.67. The number of alkyl carbamates (subject to hydrolysis) is 1. The highest BCUT2D eigenvalue weighted by Crippen LogP contribution is 2.44. The standard InChI is InChI=1S/C28H28N2O5/c1-2-19(16-25(31)30-26(27(32)33)18-10-4-3-5-11-18)29-28(34)35-17-24-22-14-8-6-12-20(22)21-13-7-9-15-23(21)24/h3-15,19,24,26H,2,16-17H2,1H3,(H,29,34)(H,30,31)(H,32,33)/t19-,26-/m0/s1. The normalized spacial score (nSPS) is 13.7. The minimum Gasteiger partial charge on any atom is -0.479 e. The lowest BCUT2D eigenvalue weighted by Gasteiger charge is -2.20. The summed E-state index contributed by atoms with van der Waals surface area (Å²) in [6.45, 7) is 2.02. The number of carboxylic acid groups (broad SMARTS) is 1. The van der Waals surface area contributed by atoms with Gasteiger partial charge in [-0.05, 0) is 34.2 Å². The van der Waals surface area contributed by atoms with E-state index >= 15 is 0 Å². The quantitative estimate of drug-likeness (QED) is 0.421. The lowest BCUT2D eigenvalue weighted by Crippen LogP contribution is -2.41. The molecular weight excluding hydrogens is 444 g/mol. The average Bonchev–Trinajstić information content (AvgIpc) is 3.19. The molecule has 0 heterocycles. The number of carboxylic acids is 1. The van der Waals surface area contributed by atoms with Crippen LogP contribution < -0.4 is 10.6 Å². The summed E-state index contributed by atoms with van der Waals surface area (Å²) < 4.78 is 5.57. The molecule has 35 heavy (non-hydrogen) atoms. The molecule has 2 atom stereocenters.